The summed E-state index contributed by atoms with van der Waals surface area (Å²) in [7, 11) is -3.34. The molecule has 0 saturated carbocycles. The molecule has 6 heteroatoms. The van der Waals surface area contributed by atoms with Crippen molar-refractivity contribution in [2.24, 2.45) is 0 Å². The minimum absolute atomic E-state index is 0.301. The van der Waals surface area contributed by atoms with Crippen molar-refractivity contribution in [3.05, 3.63) is 28.7 Å². The zero-order valence-electron chi connectivity index (χ0n) is 8.62. The molecule has 0 aliphatic carbocycles. The van der Waals surface area contributed by atoms with E-state index < -0.39 is 10.0 Å². The Hall–Kier alpha value is 0.0900. The Labute approximate surface area is 113 Å². The molecule has 0 fully saturated rings. The average molecular weight is 371 g/mol. The molecule has 0 amide bonds. The molecule has 16 heavy (non-hydrogen) atoms. The summed E-state index contributed by atoms with van der Waals surface area (Å²) < 4.78 is 27.0. The summed E-state index contributed by atoms with van der Waals surface area (Å²) in [6.45, 7) is 0.476. The lowest BCUT2D eigenvalue weighted by Crippen LogP contribution is -2.24. The third-order valence-corrected chi connectivity index (χ3v) is 4.54. The third kappa shape index (κ3) is 4.53. The van der Waals surface area contributed by atoms with Crippen LogP contribution in [0.25, 0.3) is 0 Å². The first-order valence-corrected chi connectivity index (χ1v) is 8.27. The van der Waals surface area contributed by atoms with Crippen LogP contribution in [0.4, 0.5) is 0 Å². The van der Waals surface area contributed by atoms with Gasteiger partial charge >= 0.3 is 0 Å². The number of sulfonamides is 1. The van der Waals surface area contributed by atoms with Gasteiger partial charge in [-0.1, -0.05) is 31.9 Å². The SMILES string of the molecule is O=S(=O)(NCCCCBr)c1ccc(Br)cc1. The van der Waals surface area contributed by atoms with Crippen LogP contribution in [0.1, 0.15) is 12.8 Å². The molecule has 0 spiro atoms. The second kappa shape index (κ2) is 6.74. The molecule has 0 aliphatic heterocycles. The van der Waals surface area contributed by atoms with E-state index in [9.17, 15) is 8.42 Å². The van der Waals surface area contributed by atoms with Gasteiger partial charge < -0.3 is 0 Å². The van der Waals surface area contributed by atoms with Gasteiger partial charge in [0.05, 0.1) is 4.90 Å². The van der Waals surface area contributed by atoms with Gasteiger partial charge in [0.25, 0.3) is 0 Å². The van der Waals surface area contributed by atoms with Gasteiger partial charge in [-0.05, 0) is 37.1 Å². The average Bonchev–Trinajstić information content (AvgIpc) is 2.25. The summed E-state index contributed by atoms with van der Waals surface area (Å²) in [6, 6.07) is 6.59. The van der Waals surface area contributed by atoms with Crippen molar-refractivity contribution >= 4 is 41.9 Å². The molecule has 0 bridgehead atoms. The Morgan fingerprint density at radius 3 is 2.31 bits per heavy atom. The van der Waals surface area contributed by atoms with E-state index in [-0.39, 0.29) is 0 Å². The highest BCUT2D eigenvalue weighted by atomic mass is 79.9. The first-order valence-electron chi connectivity index (χ1n) is 4.87. The van der Waals surface area contributed by atoms with E-state index in [0.717, 1.165) is 22.6 Å². The zero-order chi connectivity index (χ0) is 12.0. The number of halogens is 2. The van der Waals surface area contributed by atoms with Crippen LogP contribution in [-0.2, 0) is 10.0 Å². The van der Waals surface area contributed by atoms with Gasteiger partial charge in [0.15, 0.2) is 0 Å². The highest BCUT2D eigenvalue weighted by Crippen LogP contribution is 2.14. The van der Waals surface area contributed by atoms with Gasteiger partial charge in [0, 0.05) is 16.3 Å². The molecule has 0 unspecified atom stereocenters. The number of hydrogen-bond donors (Lipinski definition) is 1. The second-order valence-corrected chi connectivity index (χ2v) is 6.72. The lowest BCUT2D eigenvalue weighted by molar-refractivity contribution is 0.578. The van der Waals surface area contributed by atoms with Crippen LogP contribution in [0.15, 0.2) is 33.6 Å². The van der Waals surface area contributed by atoms with Crippen molar-refractivity contribution in [3.63, 3.8) is 0 Å². The van der Waals surface area contributed by atoms with Crippen molar-refractivity contribution < 1.29 is 8.42 Å². The van der Waals surface area contributed by atoms with E-state index in [0.29, 0.717) is 11.4 Å². The monoisotopic (exact) mass is 369 g/mol. The molecule has 0 atom stereocenters. The van der Waals surface area contributed by atoms with Gasteiger partial charge in [-0.25, -0.2) is 13.1 Å². The Morgan fingerprint density at radius 1 is 1.12 bits per heavy atom. The Morgan fingerprint density at radius 2 is 1.75 bits per heavy atom. The van der Waals surface area contributed by atoms with Gasteiger partial charge in [-0.15, -0.1) is 0 Å². The highest BCUT2D eigenvalue weighted by Gasteiger charge is 2.12. The molecule has 1 rings (SSSR count). The van der Waals surface area contributed by atoms with E-state index in [1.807, 2.05) is 0 Å². The fourth-order valence-electron chi connectivity index (χ4n) is 1.12. The lowest BCUT2D eigenvalue weighted by Gasteiger charge is -2.06. The molecule has 0 aromatic heterocycles. The first kappa shape index (κ1) is 14.2. The summed E-state index contributed by atoms with van der Waals surface area (Å²) in [6.07, 6.45) is 1.80. The maximum atomic E-state index is 11.8. The summed E-state index contributed by atoms with van der Waals surface area (Å²) >= 11 is 6.57. The molecule has 0 aliphatic rings. The summed E-state index contributed by atoms with van der Waals surface area (Å²) in [4.78, 5) is 0.301. The summed E-state index contributed by atoms with van der Waals surface area (Å²) in [5, 5.41) is 0.896. The molecular weight excluding hydrogens is 358 g/mol. The lowest BCUT2D eigenvalue weighted by atomic mass is 10.3. The smallest absolute Gasteiger partial charge is 0.211 e. The van der Waals surface area contributed by atoms with Crippen LogP contribution < -0.4 is 4.72 Å². The van der Waals surface area contributed by atoms with Crippen molar-refractivity contribution in [1.29, 1.82) is 0 Å². The van der Waals surface area contributed by atoms with E-state index in [2.05, 4.69) is 36.6 Å². The predicted octanol–water partition coefficient (Wildman–Crippen LogP) is 2.90. The van der Waals surface area contributed by atoms with E-state index >= 15 is 0 Å². The number of nitrogens with one attached hydrogen (secondary N) is 1. The van der Waals surface area contributed by atoms with Crippen LogP contribution in [-0.4, -0.2) is 20.3 Å². The maximum Gasteiger partial charge on any atom is 0.240 e. The Balaban J connectivity index is 2.60. The quantitative estimate of drug-likeness (QED) is 0.618. The second-order valence-electron chi connectivity index (χ2n) is 3.25. The van der Waals surface area contributed by atoms with Crippen LogP contribution in [0.2, 0.25) is 0 Å². The zero-order valence-corrected chi connectivity index (χ0v) is 12.6. The number of alkyl halides is 1. The minimum Gasteiger partial charge on any atom is -0.211 e. The van der Waals surface area contributed by atoms with Crippen LogP contribution in [0.3, 0.4) is 0 Å². The number of hydrogen-bond acceptors (Lipinski definition) is 2. The first-order chi connectivity index (χ1) is 7.56. The van der Waals surface area contributed by atoms with Crippen LogP contribution in [0.5, 0.6) is 0 Å². The van der Waals surface area contributed by atoms with Crippen LogP contribution >= 0.6 is 31.9 Å². The van der Waals surface area contributed by atoms with Gasteiger partial charge in [-0.2, -0.15) is 0 Å². The normalized spacial score (nSPS) is 11.6. The number of benzene rings is 1. The maximum absolute atomic E-state index is 11.8. The molecule has 1 aromatic rings. The standard InChI is InChI=1S/C10H13Br2NO2S/c11-7-1-2-8-13-16(14,15)10-5-3-9(12)4-6-10/h3-6,13H,1-2,7-8H2. The Kier molecular flexibility index (Phi) is 5.96. The van der Waals surface area contributed by atoms with Gasteiger partial charge in [0.1, 0.15) is 0 Å². The molecule has 0 heterocycles. The molecule has 0 radical (unpaired) electrons. The molecule has 1 aromatic carbocycles. The summed E-state index contributed by atoms with van der Waals surface area (Å²) in [5.74, 6) is 0. The van der Waals surface area contributed by atoms with E-state index in [1.165, 1.54) is 0 Å². The van der Waals surface area contributed by atoms with Crippen molar-refractivity contribution in [3.8, 4) is 0 Å². The van der Waals surface area contributed by atoms with E-state index in [4.69, 9.17) is 0 Å². The fraction of sp³-hybridized carbons (Fsp3) is 0.400. The third-order valence-electron chi connectivity index (χ3n) is 1.98. The molecule has 0 saturated heterocycles. The largest absolute Gasteiger partial charge is 0.240 e. The van der Waals surface area contributed by atoms with Crippen LogP contribution in [0, 0.1) is 0 Å². The number of rotatable bonds is 6. The van der Waals surface area contributed by atoms with Crippen molar-refractivity contribution in [2.75, 3.05) is 11.9 Å². The van der Waals surface area contributed by atoms with Gasteiger partial charge in [-0.3, -0.25) is 0 Å². The minimum atomic E-state index is -3.34. The van der Waals surface area contributed by atoms with Crippen molar-refractivity contribution in [1.82, 2.24) is 4.72 Å². The topological polar surface area (TPSA) is 46.2 Å². The Bertz CT molecular complexity index is 417. The van der Waals surface area contributed by atoms with E-state index in [1.54, 1.807) is 24.3 Å². The predicted molar refractivity (Wildman–Crippen MR) is 72.4 cm³/mol. The summed E-state index contributed by atoms with van der Waals surface area (Å²) in [5.41, 5.74) is 0. The molecule has 1 N–H and O–H groups in total. The molecule has 90 valence electrons. The fourth-order valence-corrected chi connectivity index (χ4v) is 2.86. The van der Waals surface area contributed by atoms with Crippen molar-refractivity contribution in [2.45, 2.75) is 17.7 Å². The molecular formula is C10H13Br2NO2S. The highest BCUT2D eigenvalue weighted by molar-refractivity contribution is 9.10. The number of unbranched alkanes of at least 4 members (excludes halogenated alkanes) is 1. The molecule has 3 nitrogen and oxygen atoms in total. The van der Waals surface area contributed by atoms with Gasteiger partial charge in [0.2, 0.25) is 10.0 Å².